The maximum absolute atomic E-state index is 12.3. The molecule has 0 amide bonds. The van der Waals surface area contributed by atoms with Crippen molar-refractivity contribution in [2.75, 3.05) is 5.32 Å². The van der Waals surface area contributed by atoms with Crippen molar-refractivity contribution in [3.63, 3.8) is 0 Å². The molecule has 5 nitrogen and oxygen atoms in total. The van der Waals surface area contributed by atoms with Crippen LogP contribution in [-0.2, 0) is 4.74 Å². The Bertz CT molecular complexity index is 953. The minimum Gasteiger partial charge on any atom is -0.459 e. The second-order valence-electron chi connectivity index (χ2n) is 6.00. The summed E-state index contributed by atoms with van der Waals surface area (Å²) in [5, 5.41) is 4.77. The molecule has 0 unspecified atom stereocenters. The molecule has 1 aromatic carbocycles. The largest absolute Gasteiger partial charge is 0.459 e. The van der Waals surface area contributed by atoms with Crippen LogP contribution in [0.3, 0.4) is 0 Å². The van der Waals surface area contributed by atoms with Crippen LogP contribution < -0.4 is 5.32 Å². The number of anilines is 2. The topological polar surface area (TPSA) is 64.1 Å². The van der Waals surface area contributed by atoms with Gasteiger partial charge in [0.1, 0.15) is 21.9 Å². The zero-order valence-electron chi connectivity index (χ0n) is 14.4. The molecule has 0 saturated heterocycles. The van der Waals surface area contributed by atoms with Gasteiger partial charge in [0.15, 0.2) is 0 Å². The molecule has 7 heteroatoms. The van der Waals surface area contributed by atoms with Gasteiger partial charge < -0.3 is 10.1 Å². The Kier molecular flexibility index (Phi) is 4.92. The van der Waals surface area contributed by atoms with Crippen LogP contribution in [-0.4, -0.2) is 22.0 Å². The van der Waals surface area contributed by atoms with Gasteiger partial charge in [-0.3, -0.25) is 0 Å². The van der Waals surface area contributed by atoms with Crippen LogP contribution in [0.4, 0.5) is 11.5 Å². The number of nitrogens with zero attached hydrogens (tertiary/aromatic N) is 2. The second-order valence-corrected chi connectivity index (χ2v) is 7.41. The molecule has 0 radical (unpaired) electrons. The predicted octanol–water partition coefficient (Wildman–Crippen LogP) is 5.27. The molecule has 25 heavy (non-hydrogen) atoms. The fraction of sp³-hybridized carbons (Fsp3) is 0.278. The molecule has 0 atom stereocenters. The molecule has 0 aliphatic carbocycles. The normalized spacial score (nSPS) is 11.1. The zero-order valence-corrected chi connectivity index (χ0v) is 16.0. The standard InChI is InChI=1S/C18H18ClN3O2S/c1-9(2)24-18(23)15-11(4)14-16(20-8-21-17(14)25-15)22-12-6-5-10(3)13(19)7-12/h5-9H,1-4H3,(H,20,21,22). The van der Waals surface area contributed by atoms with Crippen LogP contribution in [0, 0.1) is 13.8 Å². The number of carbonyl (C=O) groups is 1. The van der Waals surface area contributed by atoms with Gasteiger partial charge >= 0.3 is 5.97 Å². The Morgan fingerprint density at radius 3 is 2.72 bits per heavy atom. The quantitative estimate of drug-likeness (QED) is 0.629. The van der Waals surface area contributed by atoms with Gasteiger partial charge in [0.05, 0.1) is 11.5 Å². The highest BCUT2D eigenvalue weighted by Gasteiger charge is 2.21. The molecule has 1 N–H and O–H groups in total. The van der Waals surface area contributed by atoms with Crippen LogP contribution >= 0.6 is 22.9 Å². The lowest BCUT2D eigenvalue weighted by Gasteiger charge is -2.09. The Labute approximate surface area is 155 Å². The molecule has 3 aromatic rings. The Hall–Kier alpha value is -2.18. The molecule has 0 bridgehead atoms. The van der Waals surface area contributed by atoms with E-state index in [0.717, 1.165) is 27.0 Å². The second kappa shape index (κ2) is 6.98. The number of hydrogen-bond acceptors (Lipinski definition) is 6. The Morgan fingerprint density at radius 1 is 1.28 bits per heavy atom. The number of ether oxygens (including phenoxy) is 1. The fourth-order valence-electron chi connectivity index (χ4n) is 2.44. The number of thiophene rings is 1. The molecule has 2 aromatic heterocycles. The van der Waals surface area contributed by atoms with Gasteiger partial charge in [0, 0.05) is 10.7 Å². The van der Waals surface area contributed by atoms with Crippen LogP contribution in [0.2, 0.25) is 5.02 Å². The van der Waals surface area contributed by atoms with Gasteiger partial charge in [-0.25, -0.2) is 14.8 Å². The molecular weight excluding hydrogens is 358 g/mol. The monoisotopic (exact) mass is 375 g/mol. The van der Waals surface area contributed by atoms with E-state index in [2.05, 4.69) is 15.3 Å². The summed E-state index contributed by atoms with van der Waals surface area (Å²) in [6.45, 7) is 7.49. The first-order valence-corrected chi connectivity index (χ1v) is 9.04. The molecule has 0 aliphatic heterocycles. The zero-order chi connectivity index (χ0) is 18.1. The van der Waals surface area contributed by atoms with Crippen molar-refractivity contribution in [2.24, 2.45) is 0 Å². The number of aryl methyl sites for hydroxylation is 2. The van der Waals surface area contributed by atoms with E-state index in [1.807, 2.05) is 45.9 Å². The number of carbonyl (C=O) groups excluding carboxylic acids is 1. The lowest BCUT2D eigenvalue weighted by atomic mass is 10.2. The maximum atomic E-state index is 12.3. The van der Waals surface area contributed by atoms with Crippen LogP contribution in [0.5, 0.6) is 0 Å². The number of rotatable bonds is 4. The first-order valence-electron chi connectivity index (χ1n) is 7.85. The minimum atomic E-state index is -0.333. The van der Waals surface area contributed by atoms with Gasteiger partial charge in [-0.05, 0) is 51.0 Å². The molecule has 0 fully saturated rings. The van der Waals surface area contributed by atoms with Crippen molar-refractivity contribution in [3.05, 3.63) is 45.6 Å². The smallest absolute Gasteiger partial charge is 0.348 e. The number of fused-ring (bicyclic) bond motifs is 1. The molecule has 0 saturated carbocycles. The molecule has 3 rings (SSSR count). The Morgan fingerprint density at radius 2 is 2.04 bits per heavy atom. The summed E-state index contributed by atoms with van der Waals surface area (Å²) in [5.41, 5.74) is 2.64. The van der Waals surface area contributed by atoms with Crippen LogP contribution in [0.1, 0.15) is 34.6 Å². The van der Waals surface area contributed by atoms with E-state index in [1.165, 1.54) is 17.7 Å². The Balaban J connectivity index is 2.03. The van der Waals surface area contributed by atoms with Gasteiger partial charge in [0.25, 0.3) is 0 Å². The lowest BCUT2D eigenvalue weighted by molar-refractivity contribution is 0.0383. The highest BCUT2D eigenvalue weighted by atomic mass is 35.5. The number of halogens is 1. The van der Waals surface area contributed by atoms with Crippen LogP contribution in [0.25, 0.3) is 10.2 Å². The van der Waals surface area contributed by atoms with Crippen molar-refractivity contribution in [1.29, 1.82) is 0 Å². The van der Waals surface area contributed by atoms with E-state index >= 15 is 0 Å². The number of hydrogen-bond donors (Lipinski definition) is 1. The number of esters is 1. The predicted molar refractivity (Wildman–Crippen MR) is 102 cm³/mol. The maximum Gasteiger partial charge on any atom is 0.348 e. The van der Waals surface area contributed by atoms with Crippen molar-refractivity contribution < 1.29 is 9.53 Å². The summed E-state index contributed by atoms with van der Waals surface area (Å²) in [5.74, 6) is 0.307. The lowest BCUT2D eigenvalue weighted by Crippen LogP contribution is -2.11. The van der Waals surface area contributed by atoms with E-state index in [4.69, 9.17) is 16.3 Å². The molecular formula is C18H18ClN3O2S. The van der Waals surface area contributed by atoms with Crippen molar-refractivity contribution >= 4 is 50.6 Å². The van der Waals surface area contributed by atoms with Crippen molar-refractivity contribution in [1.82, 2.24) is 9.97 Å². The minimum absolute atomic E-state index is 0.171. The van der Waals surface area contributed by atoms with Gasteiger partial charge in [0.2, 0.25) is 0 Å². The summed E-state index contributed by atoms with van der Waals surface area (Å²) in [7, 11) is 0. The number of aromatic nitrogens is 2. The van der Waals surface area contributed by atoms with E-state index in [0.29, 0.717) is 15.7 Å². The molecule has 0 spiro atoms. The van der Waals surface area contributed by atoms with Crippen molar-refractivity contribution in [3.8, 4) is 0 Å². The van der Waals surface area contributed by atoms with E-state index < -0.39 is 0 Å². The summed E-state index contributed by atoms with van der Waals surface area (Å²) in [4.78, 5) is 22.2. The first kappa shape index (κ1) is 17.6. The first-order chi connectivity index (χ1) is 11.9. The van der Waals surface area contributed by atoms with Gasteiger partial charge in [-0.1, -0.05) is 17.7 Å². The SMILES string of the molecule is Cc1ccc(Nc2ncnc3sc(C(=O)OC(C)C)c(C)c23)cc1Cl. The third-order valence-electron chi connectivity index (χ3n) is 3.69. The van der Waals surface area contributed by atoms with Gasteiger partial charge in [-0.2, -0.15) is 0 Å². The van der Waals surface area contributed by atoms with E-state index in [1.54, 1.807) is 0 Å². The summed E-state index contributed by atoms with van der Waals surface area (Å²) in [6, 6.07) is 5.72. The summed E-state index contributed by atoms with van der Waals surface area (Å²) < 4.78 is 5.32. The molecule has 130 valence electrons. The average Bonchev–Trinajstić information content (AvgIpc) is 2.88. The van der Waals surface area contributed by atoms with Gasteiger partial charge in [-0.15, -0.1) is 11.3 Å². The fourth-order valence-corrected chi connectivity index (χ4v) is 3.65. The van der Waals surface area contributed by atoms with Crippen LogP contribution in [0.15, 0.2) is 24.5 Å². The average molecular weight is 376 g/mol. The molecule has 2 heterocycles. The molecule has 0 aliphatic rings. The summed E-state index contributed by atoms with van der Waals surface area (Å²) >= 11 is 7.50. The highest BCUT2D eigenvalue weighted by molar-refractivity contribution is 7.20. The van der Waals surface area contributed by atoms with E-state index in [-0.39, 0.29) is 12.1 Å². The van der Waals surface area contributed by atoms with E-state index in [9.17, 15) is 4.79 Å². The third kappa shape index (κ3) is 3.60. The van der Waals surface area contributed by atoms with Crippen molar-refractivity contribution in [2.45, 2.75) is 33.8 Å². The highest BCUT2D eigenvalue weighted by Crippen LogP contribution is 2.35. The summed E-state index contributed by atoms with van der Waals surface area (Å²) in [6.07, 6.45) is 1.31. The third-order valence-corrected chi connectivity index (χ3v) is 5.28. The number of nitrogens with one attached hydrogen (secondary N) is 1. The number of benzene rings is 1.